The summed E-state index contributed by atoms with van der Waals surface area (Å²) in [6, 6.07) is 11.0. The van der Waals surface area contributed by atoms with Crippen molar-refractivity contribution in [1.29, 1.82) is 5.41 Å². The van der Waals surface area contributed by atoms with Gasteiger partial charge in [-0.05, 0) is 49.6 Å². The molecule has 0 spiro atoms. The van der Waals surface area contributed by atoms with E-state index in [1.54, 1.807) is 6.07 Å². The van der Waals surface area contributed by atoms with Crippen LogP contribution in [-0.2, 0) is 6.54 Å². The number of rotatable bonds is 5. The lowest BCUT2D eigenvalue weighted by molar-refractivity contribution is -0.384. The van der Waals surface area contributed by atoms with E-state index < -0.39 is 4.92 Å². The summed E-state index contributed by atoms with van der Waals surface area (Å²) in [5, 5.41) is 20.1. The third-order valence-electron chi connectivity index (χ3n) is 6.32. The summed E-state index contributed by atoms with van der Waals surface area (Å²) in [5.74, 6) is 5.88. The maximum Gasteiger partial charge on any atom is 0.293 e. The van der Waals surface area contributed by atoms with Crippen molar-refractivity contribution in [2.75, 3.05) is 56.9 Å². The van der Waals surface area contributed by atoms with Gasteiger partial charge in [0.25, 0.3) is 5.69 Å². The molecule has 2 aromatic carbocycles. The zero-order valence-electron chi connectivity index (χ0n) is 19.0. The van der Waals surface area contributed by atoms with E-state index in [1.807, 2.05) is 23.1 Å². The van der Waals surface area contributed by atoms with Crippen LogP contribution in [0.4, 0.5) is 17.1 Å². The van der Waals surface area contributed by atoms with E-state index in [2.05, 4.69) is 34.8 Å². The number of nitrogens with one attached hydrogen (secondary N) is 1. The Morgan fingerprint density at radius 2 is 1.85 bits per heavy atom. The molecule has 0 aromatic heterocycles. The molecule has 33 heavy (non-hydrogen) atoms. The van der Waals surface area contributed by atoms with Crippen LogP contribution in [-0.4, -0.2) is 66.8 Å². The van der Waals surface area contributed by atoms with Gasteiger partial charge in [-0.2, -0.15) is 0 Å². The van der Waals surface area contributed by atoms with E-state index >= 15 is 0 Å². The zero-order valence-corrected chi connectivity index (χ0v) is 19.0. The molecule has 0 aliphatic carbocycles. The molecule has 2 aliphatic heterocycles. The fourth-order valence-electron chi connectivity index (χ4n) is 4.38. The van der Waals surface area contributed by atoms with Crippen molar-refractivity contribution in [2.45, 2.75) is 19.4 Å². The third kappa shape index (κ3) is 5.51. The van der Waals surface area contributed by atoms with Crippen LogP contribution in [0.15, 0.2) is 36.4 Å². The quantitative estimate of drug-likeness (QED) is 0.241. The summed E-state index contributed by atoms with van der Waals surface area (Å²) in [5.41, 5.74) is 9.31. The van der Waals surface area contributed by atoms with E-state index in [0.717, 1.165) is 64.2 Å². The number of nitrogens with two attached hydrogens (primary N) is 1. The van der Waals surface area contributed by atoms with Gasteiger partial charge in [-0.1, -0.05) is 18.1 Å². The van der Waals surface area contributed by atoms with Gasteiger partial charge in [0.2, 0.25) is 0 Å². The van der Waals surface area contributed by atoms with Crippen molar-refractivity contribution < 1.29 is 4.92 Å². The van der Waals surface area contributed by atoms with Crippen LogP contribution < -0.4 is 10.6 Å². The van der Waals surface area contributed by atoms with Gasteiger partial charge >= 0.3 is 0 Å². The molecule has 2 aliphatic rings. The van der Waals surface area contributed by atoms with Crippen LogP contribution in [0.3, 0.4) is 0 Å². The molecule has 0 bridgehead atoms. The number of nitrogen functional groups attached to an aromatic ring is 1. The molecule has 0 atom stereocenters. The Labute approximate surface area is 194 Å². The topological polar surface area (TPSA) is 103 Å². The second-order valence-corrected chi connectivity index (χ2v) is 8.78. The molecule has 0 radical (unpaired) electrons. The van der Waals surface area contributed by atoms with Gasteiger partial charge in [0.15, 0.2) is 0 Å². The van der Waals surface area contributed by atoms with Crippen molar-refractivity contribution in [3.05, 3.63) is 63.2 Å². The highest BCUT2D eigenvalue weighted by molar-refractivity contribution is 6.15. The van der Waals surface area contributed by atoms with E-state index in [-0.39, 0.29) is 11.4 Å². The molecule has 4 rings (SSSR count). The summed E-state index contributed by atoms with van der Waals surface area (Å²) in [6.45, 7) is 6.66. The van der Waals surface area contributed by atoms with Crippen molar-refractivity contribution in [2.24, 2.45) is 0 Å². The highest BCUT2D eigenvalue weighted by atomic mass is 16.6. The summed E-state index contributed by atoms with van der Waals surface area (Å²) < 4.78 is 0. The number of anilines is 2. The number of nitrogens with zero attached hydrogens (tertiary/aromatic N) is 4. The van der Waals surface area contributed by atoms with Crippen LogP contribution in [0, 0.1) is 27.4 Å². The van der Waals surface area contributed by atoms with Crippen LogP contribution in [0.1, 0.15) is 29.5 Å². The fraction of sp³-hybridized carbons (Fsp3) is 0.400. The molecule has 0 saturated carbocycles. The van der Waals surface area contributed by atoms with E-state index in [0.29, 0.717) is 16.9 Å². The fourth-order valence-corrected chi connectivity index (χ4v) is 4.38. The molecular weight excluding hydrogens is 416 g/mol. The number of nitro groups is 1. The summed E-state index contributed by atoms with van der Waals surface area (Å²) >= 11 is 0. The maximum atomic E-state index is 11.7. The Hall–Kier alpha value is -3.41. The molecular formula is C25H30N6O2. The van der Waals surface area contributed by atoms with Crippen LogP contribution >= 0.6 is 0 Å². The average Bonchev–Trinajstić information content (AvgIpc) is 3.34. The third-order valence-corrected chi connectivity index (χ3v) is 6.32. The average molecular weight is 447 g/mol. The largest absolute Gasteiger partial charge is 0.398 e. The smallest absolute Gasteiger partial charge is 0.293 e. The van der Waals surface area contributed by atoms with Crippen molar-refractivity contribution >= 4 is 22.8 Å². The van der Waals surface area contributed by atoms with E-state index in [1.165, 1.54) is 11.6 Å². The number of benzene rings is 2. The van der Waals surface area contributed by atoms with Crippen LogP contribution in [0.25, 0.3) is 0 Å². The number of piperazine rings is 1. The molecule has 0 unspecified atom stereocenters. The van der Waals surface area contributed by atoms with Gasteiger partial charge in [-0.15, -0.1) is 0 Å². The van der Waals surface area contributed by atoms with Crippen molar-refractivity contribution in [3.8, 4) is 11.8 Å². The highest BCUT2D eigenvalue weighted by Gasteiger charge is 2.25. The predicted octanol–water partition coefficient (Wildman–Crippen LogP) is 2.94. The van der Waals surface area contributed by atoms with Gasteiger partial charge in [-0.25, -0.2) is 0 Å². The van der Waals surface area contributed by atoms with Gasteiger partial charge in [0.05, 0.1) is 4.92 Å². The number of likely N-dealkylation sites (N-methyl/N-ethyl adjacent to an activating group) is 1. The van der Waals surface area contributed by atoms with E-state index in [9.17, 15) is 10.1 Å². The first kappa shape index (κ1) is 22.8. The number of nitro benzene ring substituents is 1. The zero-order chi connectivity index (χ0) is 23.4. The first-order valence-corrected chi connectivity index (χ1v) is 11.3. The Kier molecular flexibility index (Phi) is 6.92. The lowest BCUT2D eigenvalue weighted by Gasteiger charge is -2.32. The molecule has 3 N–H and O–H groups in total. The Balaban J connectivity index is 1.51. The van der Waals surface area contributed by atoms with Crippen LogP contribution in [0.5, 0.6) is 0 Å². The molecule has 8 nitrogen and oxygen atoms in total. The molecule has 2 aromatic rings. The summed E-state index contributed by atoms with van der Waals surface area (Å²) in [4.78, 5) is 18.0. The Bertz CT molecular complexity index is 1110. The van der Waals surface area contributed by atoms with Gasteiger partial charge in [0, 0.05) is 68.7 Å². The van der Waals surface area contributed by atoms with E-state index in [4.69, 9.17) is 11.1 Å². The standard InChI is InChI=1S/C25H30N6O2/c1-28-11-13-29(14-12-28)18-20-6-4-5-19(15-20)7-8-22(26)21-16-25(31(32)33)24(17-23(21)27)30-9-2-3-10-30/h4-6,15-17,26H,2-3,9-14,18,27H2,1H3. The lowest BCUT2D eigenvalue weighted by Crippen LogP contribution is -2.43. The van der Waals surface area contributed by atoms with Crippen LogP contribution in [0.2, 0.25) is 0 Å². The molecule has 0 amide bonds. The van der Waals surface area contributed by atoms with Gasteiger partial charge < -0.3 is 15.5 Å². The van der Waals surface area contributed by atoms with Crippen molar-refractivity contribution in [1.82, 2.24) is 9.80 Å². The maximum absolute atomic E-state index is 11.7. The first-order valence-electron chi connectivity index (χ1n) is 11.3. The SMILES string of the molecule is CN1CCN(Cc2cccc(C#CC(=N)c3cc([N+](=O)[O-])c(N4CCCC4)cc3N)c2)CC1. The Morgan fingerprint density at radius 1 is 1.12 bits per heavy atom. The number of hydrogen-bond acceptors (Lipinski definition) is 7. The molecule has 2 heterocycles. The van der Waals surface area contributed by atoms with Crippen molar-refractivity contribution in [3.63, 3.8) is 0 Å². The summed E-state index contributed by atoms with van der Waals surface area (Å²) in [7, 11) is 2.14. The van der Waals surface area contributed by atoms with Gasteiger partial charge in [-0.3, -0.25) is 20.4 Å². The second-order valence-electron chi connectivity index (χ2n) is 8.78. The molecule has 2 saturated heterocycles. The minimum Gasteiger partial charge on any atom is -0.398 e. The first-order chi connectivity index (χ1) is 15.9. The molecule has 2 fully saturated rings. The Morgan fingerprint density at radius 3 is 2.55 bits per heavy atom. The van der Waals surface area contributed by atoms with Gasteiger partial charge in [0.1, 0.15) is 11.4 Å². The normalized spacial score (nSPS) is 16.9. The lowest BCUT2D eigenvalue weighted by atomic mass is 10.0. The predicted molar refractivity (Wildman–Crippen MR) is 132 cm³/mol. The molecule has 8 heteroatoms. The monoisotopic (exact) mass is 446 g/mol. The second kappa shape index (κ2) is 10.0. The minimum atomic E-state index is -0.404. The highest BCUT2D eigenvalue weighted by Crippen LogP contribution is 2.35. The minimum absolute atomic E-state index is 0.0203. The summed E-state index contributed by atoms with van der Waals surface area (Å²) in [6.07, 6.45) is 2.02. The number of hydrogen-bond donors (Lipinski definition) is 2. The molecule has 172 valence electrons.